The monoisotopic (exact) mass is 222 g/mol. The normalized spacial score (nSPS) is 55.0. The lowest BCUT2D eigenvalue weighted by molar-refractivity contribution is -0.161. The number of hydrogen-bond donors (Lipinski definition) is 1. The van der Waals surface area contributed by atoms with Crippen LogP contribution in [0.15, 0.2) is 0 Å². The van der Waals surface area contributed by atoms with Crippen molar-refractivity contribution in [3.05, 3.63) is 0 Å². The third-order valence-electron chi connectivity index (χ3n) is 6.25. The largest absolute Gasteiger partial charge is 0.481 e. The van der Waals surface area contributed by atoms with Gasteiger partial charge < -0.3 is 5.11 Å². The summed E-state index contributed by atoms with van der Waals surface area (Å²) in [6.07, 6.45) is 6.87. The molecule has 5 atom stereocenters. The van der Waals surface area contributed by atoms with Gasteiger partial charge in [-0.1, -0.05) is 26.7 Å². The molecule has 0 aromatic carbocycles. The number of hydrogen-bond acceptors (Lipinski definition) is 1. The molecule has 3 fully saturated rings. The molecule has 3 saturated carbocycles. The van der Waals surface area contributed by atoms with Crippen LogP contribution in [0.2, 0.25) is 0 Å². The molecule has 3 aliphatic carbocycles. The minimum absolute atomic E-state index is 0.312. The van der Waals surface area contributed by atoms with E-state index in [1.807, 2.05) is 0 Å². The van der Waals surface area contributed by atoms with E-state index in [-0.39, 0.29) is 5.41 Å². The zero-order chi connectivity index (χ0) is 11.6. The summed E-state index contributed by atoms with van der Waals surface area (Å²) in [5.74, 6) is 1.38. The second-order valence-corrected chi connectivity index (χ2v) is 6.86. The third-order valence-corrected chi connectivity index (χ3v) is 6.25. The SMILES string of the molecule is CC1C2(C)CC3CCCC1(C(=O)O)CC3C2. The molecule has 3 aliphatic rings. The Labute approximate surface area is 97.4 Å². The summed E-state index contributed by atoms with van der Waals surface area (Å²) in [4.78, 5) is 11.8. The van der Waals surface area contributed by atoms with Crippen molar-refractivity contribution in [1.29, 1.82) is 0 Å². The molecule has 1 N–H and O–H groups in total. The lowest BCUT2D eigenvalue weighted by atomic mass is 9.55. The molecule has 0 aromatic rings. The van der Waals surface area contributed by atoms with Gasteiger partial charge in [0, 0.05) is 0 Å². The molecular formula is C14H22O2. The molecule has 0 saturated heterocycles. The smallest absolute Gasteiger partial charge is 0.309 e. The summed E-state index contributed by atoms with van der Waals surface area (Å²) in [6, 6.07) is 0. The molecule has 90 valence electrons. The Hall–Kier alpha value is -0.530. The van der Waals surface area contributed by atoms with E-state index >= 15 is 0 Å². The number of fused-ring (bicyclic) bond motifs is 2. The molecule has 2 nitrogen and oxygen atoms in total. The number of carbonyl (C=O) groups is 1. The molecule has 0 aliphatic heterocycles. The summed E-state index contributed by atoms with van der Waals surface area (Å²) in [5.41, 5.74) is -0.0741. The van der Waals surface area contributed by atoms with Crippen LogP contribution in [0.25, 0.3) is 0 Å². The average Bonchev–Trinajstić information content (AvgIpc) is 2.38. The molecule has 3 bridgehead atoms. The van der Waals surface area contributed by atoms with Crippen molar-refractivity contribution in [2.45, 2.75) is 52.4 Å². The van der Waals surface area contributed by atoms with Crippen LogP contribution < -0.4 is 0 Å². The van der Waals surface area contributed by atoms with Crippen molar-refractivity contribution in [3.63, 3.8) is 0 Å². The summed E-state index contributed by atoms with van der Waals surface area (Å²) in [5, 5.41) is 9.69. The Morgan fingerprint density at radius 2 is 1.94 bits per heavy atom. The molecule has 0 aromatic heterocycles. The maximum Gasteiger partial charge on any atom is 0.309 e. The van der Waals surface area contributed by atoms with E-state index in [9.17, 15) is 9.90 Å². The van der Waals surface area contributed by atoms with Gasteiger partial charge in [0.2, 0.25) is 0 Å². The topological polar surface area (TPSA) is 37.3 Å². The zero-order valence-corrected chi connectivity index (χ0v) is 10.3. The fourth-order valence-corrected chi connectivity index (χ4v) is 5.23. The number of aliphatic carboxylic acids is 1. The summed E-state index contributed by atoms with van der Waals surface area (Å²) in [7, 11) is 0. The summed E-state index contributed by atoms with van der Waals surface area (Å²) >= 11 is 0. The van der Waals surface area contributed by atoms with Crippen LogP contribution in [0.3, 0.4) is 0 Å². The molecular weight excluding hydrogens is 200 g/mol. The van der Waals surface area contributed by atoms with E-state index in [2.05, 4.69) is 13.8 Å². The summed E-state index contributed by atoms with van der Waals surface area (Å²) in [6.45, 7) is 4.55. The number of rotatable bonds is 1. The van der Waals surface area contributed by atoms with Crippen LogP contribution in [0.5, 0.6) is 0 Å². The highest BCUT2D eigenvalue weighted by molar-refractivity contribution is 5.75. The van der Waals surface area contributed by atoms with Gasteiger partial charge in [-0.2, -0.15) is 0 Å². The zero-order valence-electron chi connectivity index (χ0n) is 10.3. The van der Waals surface area contributed by atoms with Gasteiger partial charge in [0.1, 0.15) is 0 Å². The van der Waals surface area contributed by atoms with Crippen LogP contribution >= 0.6 is 0 Å². The van der Waals surface area contributed by atoms with Gasteiger partial charge >= 0.3 is 5.97 Å². The highest BCUT2D eigenvalue weighted by Crippen LogP contribution is 2.66. The lowest BCUT2D eigenvalue weighted by Crippen LogP contribution is -2.47. The first-order chi connectivity index (χ1) is 7.48. The third kappa shape index (κ3) is 1.11. The summed E-state index contributed by atoms with van der Waals surface area (Å²) < 4.78 is 0. The van der Waals surface area contributed by atoms with Gasteiger partial charge in [0.25, 0.3) is 0 Å². The van der Waals surface area contributed by atoms with Crippen molar-refractivity contribution in [3.8, 4) is 0 Å². The first-order valence-electron chi connectivity index (χ1n) is 6.71. The van der Waals surface area contributed by atoms with Crippen molar-refractivity contribution >= 4 is 5.97 Å². The lowest BCUT2D eigenvalue weighted by Gasteiger charge is -2.48. The highest BCUT2D eigenvalue weighted by atomic mass is 16.4. The van der Waals surface area contributed by atoms with Crippen molar-refractivity contribution < 1.29 is 9.90 Å². The quantitative estimate of drug-likeness (QED) is 0.739. The number of carboxylic acids is 1. The standard InChI is InChI=1S/C14H22O2/c1-9-13(2)6-10-4-3-5-14(9,12(15)16)8-11(10)7-13/h9-11H,3-8H2,1-2H3,(H,15,16). The molecule has 0 radical (unpaired) electrons. The fraction of sp³-hybridized carbons (Fsp3) is 0.929. The molecule has 0 heterocycles. The van der Waals surface area contributed by atoms with Crippen molar-refractivity contribution in [2.75, 3.05) is 0 Å². The Morgan fingerprint density at radius 1 is 1.25 bits per heavy atom. The fourth-order valence-electron chi connectivity index (χ4n) is 5.23. The maximum absolute atomic E-state index is 11.8. The van der Waals surface area contributed by atoms with Gasteiger partial charge in [-0.15, -0.1) is 0 Å². The van der Waals surface area contributed by atoms with E-state index in [1.54, 1.807) is 0 Å². The predicted molar refractivity (Wildman–Crippen MR) is 62.0 cm³/mol. The van der Waals surface area contributed by atoms with Gasteiger partial charge in [-0.3, -0.25) is 4.79 Å². The molecule has 0 amide bonds. The Bertz CT molecular complexity index is 338. The van der Waals surface area contributed by atoms with E-state index in [4.69, 9.17) is 0 Å². The first-order valence-corrected chi connectivity index (χ1v) is 6.71. The van der Waals surface area contributed by atoms with Crippen LogP contribution in [0.1, 0.15) is 52.4 Å². The van der Waals surface area contributed by atoms with E-state index in [1.165, 1.54) is 19.3 Å². The highest BCUT2D eigenvalue weighted by Gasteiger charge is 2.62. The minimum Gasteiger partial charge on any atom is -0.481 e. The Kier molecular flexibility index (Phi) is 2.01. The van der Waals surface area contributed by atoms with Crippen LogP contribution in [0, 0.1) is 28.6 Å². The van der Waals surface area contributed by atoms with E-state index in [0.29, 0.717) is 17.3 Å². The molecule has 2 heteroatoms. The first kappa shape index (κ1) is 10.6. The molecule has 3 rings (SSSR count). The van der Waals surface area contributed by atoms with E-state index in [0.717, 1.165) is 25.2 Å². The van der Waals surface area contributed by atoms with Gasteiger partial charge in [-0.25, -0.2) is 0 Å². The molecule has 5 unspecified atom stereocenters. The molecule has 16 heavy (non-hydrogen) atoms. The van der Waals surface area contributed by atoms with E-state index < -0.39 is 5.97 Å². The average molecular weight is 222 g/mol. The second kappa shape index (κ2) is 3.02. The Morgan fingerprint density at radius 3 is 2.62 bits per heavy atom. The van der Waals surface area contributed by atoms with Crippen LogP contribution in [0.4, 0.5) is 0 Å². The van der Waals surface area contributed by atoms with Crippen molar-refractivity contribution in [1.82, 2.24) is 0 Å². The van der Waals surface area contributed by atoms with Crippen molar-refractivity contribution in [2.24, 2.45) is 28.6 Å². The second-order valence-electron chi connectivity index (χ2n) is 6.86. The predicted octanol–water partition coefficient (Wildman–Crippen LogP) is 3.31. The Balaban J connectivity index is 2.08. The van der Waals surface area contributed by atoms with Gasteiger partial charge in [0.05, 0.1) is 5.41 Å². The minimum atomic E-state index is -0.515. The number of carboxylic acid groups (broad SMARTS) is 1. The van der Waals surface area contributed by atoms with Crippen LogP contribution in [-0.2, 0) is 4.79 Å². The molecule has 0 spiro atoms. The van der Waals surface area contributed by atoms with Gasteiger partial charge in [-0.05, 0) is 48.9 Å². The maximum atomic E-state index is 11.8. The van der Waals surface area contributed by atoms with Gasteiger partial charge in [0.15, 0.2) is 0 Å². The van der Waals surface area contributed by atoms with Crippen LogP contribution in [-0.4, -0.2) is 11.1 Å².